The smallest absolute Gasteiger partial charge is 0.264 e. The molecule has 0 bridgehead atoms. The number of halogens is 1. The molecule has 1 aliphatic heterocycles. The minimum Gasteiger partial charge on any atom is -0.398 e. The molecule has 158 valence electrons. The Labute approximate surface area is 185 Å². The first-order valence-electron chi connectivity index (χ1n) is 9.96. The van der Waals surface area contributed by atoms with E-state index in [0.717, 1.165) is 16.7 Å². The molecule has 31 heavy (non-hydrogen) atoms. The van der Waals surface area contributed by atoms with Crippen LogP contribution in [0.1, 0.15) is 18.1 Å². The lowest BCUT2D eigenvalue weighted by Gasteiger charge is -2.26. The lowest BCUT2D eigenvalue weighted by molar-refractivity contribution is 0.115. The molecule has 0 fully saturated rings. The molecule has 2 heterocycles. The number of nitrogen functional groups attached to an aromatic ring is 1. The van der Waals surface area contributed by atoms with E-state index in [0.29, 0.717) is 34.4 Å². The van der Waals surface area contributed by atoms with Crippen molar-refractivity contribution in [2.45, 2.75) is 13.2 Å². The van der Waals surface area contributed by atoms with E-state index < -0.39 is 0 Å². The van der Waals surface area contributed by atoms with E-state index in [4.69, 9.17) is 22.1 Å². The number of ether oxygens (including phenoxy) is 1. The molecule has 7 heteroatoms. The predicted octanol–water partition coefficient (Wildman–Crippen LogP) is 4.59. The van der Waals surface area contributed by atoms with Gasteiger partial charge in [0.05, 0.1) is 5.69 Å². The molecule has 4 rings (SSSR count). The number of rotatable bonds is 5. The maximum Gasteiger partial charge on any atom is 0.264 e. The summed E-state index contributed by atoms with van der Waals surface area (Å²) in [6.07, 6.45) is 5.27. The van der Waals surface area contributed by atoms with Gasteiger partial charge in [-0.05, 0) is 61.0 Å². The zero-order valence-corrected chi connectivity index (χ0v) is 18.1. The Kier molecular flexibility index (Phi) is 5.93. The molecule has 3 aromatic rings. The Morgan fingerprint density at radius 3 is 2.71 bits per heavy atom. The Hall–Kier alpha value is -3.35. The van der Waals surface area contributed by atoms with E-state index in [2.05, 4.69) is 10.3 Å². The number of anilines is 2. The van der Waals surface area contributed by atoms with Gasteiger partial charge in [-0.25, -0.2) is 0 Å². The summed E-state index contributed by atoms with van der Waals surface area (Å²) in [5.74, 6) is 0.669. The number of benzene rings is 2. The van der Waals surface area contributed by atoms with Crippen molar-refractivity contribution >= 4 is 35.4 Å². The summed E-state index contributed by atoms with van der Waals surface area (Å²) in [6.45, 7) is 2.48. The van der Waals surface area contributed by atoms with Gasteiger partial charge < -0.3 is 15.8 Å². The molecule has 0 aliphatic carbocycles. The van der Waals surface area contributed by atoms with Crippen LogP contribution in [0.5, 0.6) is 0 Å². The van der Waals surface area contributed by atoms with Gasteiger partial charge in [0.25, 0.3) is 5.56 Å². The number of nitrogens with zero attached hydrogens (tertiary/aromatic N) is 2. The molecular formula is C24H23ClN4O2. The van der Waals surface area contributed by atoms with E-state index in [1.165, 1.54) is 0 Å². The third kappa shape index (κ3) is 4.13. The second-order valence-electron chi connectivity index (χ2n) is 7.09. The van der Waals surface area contributed by atoms with Crippen LogP contribution in [0.15, 0.2) is 64.4 Å². The Morgan fingerprint density at radius 2 is 2.00 bits per heavy atom. The third-order valence-electron chi connectivity index (χ3n) is 5.06. The van der Waals surface area contributed by atoms with Crippen LogP contribution in [0.25, 0.3) is 22.9 Å². The zero-order valence-electron chi connectivity index (χ0n) is 17.3. The van der Waals surface area contributed by atoms with Gasteiger partial charge in [0.2, 0.25) is 0 Å². The molecule has 6 nitrogen and oxygen atoms in total. The van der Waals surface area contributed by atoms with Gasteiger partial charge >= 0.3 is 0 Å². The zero-order chi connectivity index (χ0) is 22.0. The molecule has 1 aromatic heterocycles. The van der Waals surface area contributed by atoms with Crippen LogP contribution in [0.3, 0.4) is 0 Å². The highest BCUT2D eigenvalue weighted by molar-refractivity contribution is 6.30. The van der Waals surface area contributed by atoms with Crippen LogP contribution in [-0.2, 0) is 4.74 Å². The van der Waals surface area contributed by atoms with Crippen LogP contribution in [0.4, 0.5) is 11.5 Å². The Balaban J connectivity index is 1.95. The molecular weight excluding hydrogens is 412 g/mol. The minimum absolute atomic E-state index is 0.164. The van der Waals surface area contributed by atoms with E-state index >= 15 is 0 Å². The summed E-state index contributed by atoms with van der Waals surface area (Å²) in [5, 5.41) is 3.92. The van der Waals surface area contributed by atoms with Crippen molar-refractivity contribution in [3.63, 3.8) is 0 Å². The number of aromatic nitrogens is 1. The lowest BCUT2D eigenvalue weighted by atomic mass is 10.0. The predicted molar refractivity (Wildman–Crippen MR) is 128 cm³/mol. The SMILES string of the molecule is CCOC1C=Cc2cc(-c3ccc(N)c(C=NC)c3)c(=O)n(-c3ccc(Cl)cc3)c2N1. The van der Waals surface area contributed by atoms with Gasteiger partial charge in [-0.2, -0.15) is 0 Å². The summed E-state index contributed by atoms with van der Waals surface area (Å²) in [6, 6.07) is 14.6. The van der Waals surface area contributed by atoms with Gasteiger partial charge in [-0.15, -0.1) is 0 Å². The molecule has 3 N–H and O–H groups in total. The number of nitrogens with two attached hydrogens (primary N) is 1. The third-order valence-corrected chi connectivity index (χ3v) is 5.31. The quantitative estimate of drug-likeness (QED) is 0.454. The van der Waals surface area contributed by atoms with Crippen LogP contribution in [-0.4, -0.2) is 30.7 Å². The van der Waals surface area contributed by atoms with E-state index in [9.17, 15) is 4.79 Å². The van der Waals surface area contributed by atoms with Gasteiger partial charge in [-0.1, -0.05) is 23.7 Å². The summed E-state index contributed by atoms with van der Waals surface area (Å²) in [4.78, 5) is 17.8. The van der Waals surface area contributed by atoms with Crippen molar-refractivity contribution in [3.05, 3.63) is 81.1 Å². The van der Waals surface area contributed by atoms with Crippen LogP contribution in [0, 0.1) is 0 Å². The molecule has 1 unspecified atom stereocenters. The van der Waals surface area contributed by atoms with Crippen molar-refractivity contribution in [3.8, 4) is 16.8 Å². The molecule has 2 aromatic carbocycles. The first kappa shape index (κ1) is 20.9. The maximum absolute atomic E-state index is 13.7. The van der Waals surface area contributed by atoms with Crippen molar-refractivity contribution in [2.24, 2.45) is 4.99 Å². The molecule has 0 spiro atoms. The second kappa shape index (κ2) is 8.79. The lowest BCUT2D eigenvalue weighted by Crippen LogP contribution is -2.31. The van der Waals surface area contributed by atoms with Gasteiger partial charge in [-0.3, -0.25) is 14.4 Å². The highest BCUT2D eigenvalue weighted by atomic mass is 35.5. The number of hydrogen-bond donors (Lipinski definition) is 2. The van der Waals surface area contributed by atoms with Gasteiger partial charge in [0.15, 0.2) is 0 Å². The highest BCUT2D eigenvalue weighted by Crippen LogP contribution is 2.30. The molecule has 0 saturated heterocycles. The molecule has 1 aliphatic rings. The summed E-state index contributed by atoms with van der Waals surface area (Å²) in [5.41, 5.74) is 10.2. The summed E-state index contributed by atoms with van der Waals surface area (Å²) >= 11 is 6.08. The molecule has 1 atom stereocenters. The topological polar surface area (TPSA) is 81.6 Å². The first-order valence-corrected chi connectivity index (χ1v) is 10.3. The average molecular weight is 435 g/mol. The average Bonchev–Trinajstić information content (AvgIpc) is 2.76. The fourth-order valence-corrected chi connectivity index (χ4v) is 3.72. The molecule has 0 radical (unpaired) electrons. The summed E-state index contributed by atoms with van der Waals surface area (Å²) < 4.78 is 7.35. The fraction of sp³-hybridized carbons (Fsp3) is 0.167. The van der Waals surface area contributed by atoms with Crippen LogP contribution in [0.2, 0.25) is 5.02 Å². The van der Waals surface area contributed by atoms with Crippen molar-refractivity contribution in [2.75, 3.05) is 24.7 Å². The van der Waals surface area contributed by atoms with Crippen molar-refractivity contribution < 1.29 is 4.74 Å². The monoisotopic (exact) mass is 434 g/mol. The fourth-order valence-electron chi connectivity index (χ4n) is 3.60. The van der Waals surface area contributed by atoms with Crippen LogP contribution < -0.4 is 16.6 Å². The van der Waals surface area contributed by atoms with E-state index in [-0.39, 0.29) is 11.8 Å². The molecule has 0 saturated carbocycles. The van der Waals surface area contributed by atoms with Gasteiger partial charge in [0, 0.05) is 47.3 Å². The van der Waals surface area contributed by atoms with E-state index in [1.807, 2.05) is 49.4 Å². The maximum atomic E-state index is 13.7. The molecule has 0 amide bonds. The highest BCUT2D eigenvalue weighted by Gasteiger charge is 2.21. The van der Waals surface area contributed by atoms with Crippen molar-refractivity contribution in [1.82, 2.24) is 4.57 Å². The number of pyridine rings is 1. The van der Waals surface area contributed by atoms with E-state index in [1.54, 1.807) is 36.0 Å². The standard InChI is InChI=1S/C24H23ClN4O2/c1-3-31-22-11-5-16-13-20(15-4-10-21(26)17(12-15)14-27-2)24(30)29(23(16)28-22)19-8-6-18(25)7-9-19/h4-14,22,28H,3,26H2,1-2H3. The van der Waals surface area contributed by atoms with Crippen molar-refractivity contribution in [1.29, 1.82) is 0 Å². The largest absolute Gasteiger partial charge is 0.398 e. The summed E-state index contributed by atoms with van der Waals surface area (Å²) in [7, 11) is 1.68. The number of aliphatic imine (C=N–C) groups is 1. The second-order valence-corrected chi connectivity index (χ2v) is 7.53. The Morgan fingerprint density at radius 1 is 1.23 bits per heavy atom. The van der Waals surface area contributed by atoms with Gasteiger partial charge in [0.1, 0.15) is 12.0 Å². The number of hydrogen-bond acceptors (Lipinski definition) is 5. The number of nitrogens with one attached hydrogen (secondary N) is 1. The Bertz CT molecular complexity index is 1230. The first-order chi connectivity index (χ1) is 15.0. The van der Waals surface area contributed by atoms with Crippen LogP contribution >= 0.6 is 11.6 Å². The minimum atomic E-state index is -0.315. The number of fused-ring (bicyclic) bond motifs is 1. The normalized spacial score (nSPS) is 15.1.